The molecule has 0 aliphatic heterocycles. The van der Waals surface area contributed by atoms with Crippen LogP contribution in [0.5, 0.6) is 0 Å². The van der Waals surface area contributed by atoms with Gasteiger partial charge >= 0.3 is 5.97 Å². The molecule has 122 valence electrons. The molecule has 1 aliphatic rings. The second-order valence-corrected chi connectivity index (χ2v) is 6.92. The maximum Gasteiger partial charge on any atom is 0.341 e. The summed E-state index contributed by atoms with van der Waals surface area (Å²) in [7, 11) is 0. The number of rotatable bonds is 6. The number of hydrogen-bond acceptors (Lipinski definition) is 4. The Morgan fingerprint density at radius 3 is 2.68 bits per heavy atom. The van der Waals surface area contributed by atoms with Gasteiger partial charge in [-0.1, -0.05) is 20.3 Å². The molecule has 0 aromatic carbocycles. The minimum absolute atomic E-state index is 0.00834. The summed E-state index contributed by atoms with van der Waals surface area (Å²) in [4.78, 5) is 25.8. The van der Waals surface area contributed by atoms with Crippen molar-refractivity contribution in [1.29, 1.82) is 0 Å². The molecule has 5 heteroatoms. The fourth-order valence-corrected chi connectivity index (χ4v) is 4.15. The minimum atomic E-state index is -0.305. The Morgan fingerprint density at radius 2 is 2.00 bits per heavy atom. The molecule has 0 fully saturated rings. The molecule has 22 heavy (non-hydrogen) atoms. The Bertz CT molecular complexity index is 550. The van der Waals surface area contributed by atoms with Crippen LogP contribution in [-0.2, 0) is 22.4 Å². The van der Waals surface area contributed by atoms with E-state index >= 15 is 0 Å². The van der Waals surface area contributed by atoms with E-state index in [9.17, 15) is 9.59 Å². The van der Waals surface area contributed by atoms with Crippen LogP contribution in [0.25, 0.3) is 0 Å². The van der Waals surface area contributed by atoms with E-state index in [1.165, 1.54) is 4.88 Å². The summed E-state index contributed by atoms with van der Waals surface area (Å²) in [6, 6.07) is 0. The number of carbonyl (C=O) groups excluding carboxylic acids is 2. The van der Waals surface area contributed by atoms with E-state index in [0.29, 0.717) is 17.2 Å². The summed E-state index contributed by atoms with van der Waals surface area (Å²) in [5, 5.41) is 3.65. The Labute approximate surface area is 136 Å². The predicted molar refractivity (Wildman–Crippen MR) is 89.6 cm³/mol. The SMILES string of the molecule is CCC[C@@H](C)C(=O)Nc1sc2c(c1C(=O)OCC)CCCC2. The first kappa shape index (κ1) is 17.0. The standard InChI is InChI=1S/C17H25NO3S/c1-4-8-11(3)15(19)18-16-14(17(20)21-5-2)12-9-6-7-10-13(12)22-16/h11H,4-10H2,1-3H3,(H,18,19)/t11-/m1/s1. The summed E-state index contributed by atoms with van der Waals surface area (Å²) < 4.78 is 5.20. The lowest BCUT2D eigenvalue weighted by Gasteiger charge is -2.13. The molecule has 0 bridgehead atoms. The third kappa shape index (κ3) is 3.69. The maximum atomic E-state index is 12.3. The zero-order valence-corrected chi connectivity index (χ0v) is 14.5. The van der Waals surface area contributed by atoms with Crippen LogP contribution in [0.1, 0.15) is 67.3 Å². The van der Waals surface area contributed by atoms with E-state index in [1.807, 2.05) is 6.92 Å². The highest BCUT2D eigenvalue weighted by molar-refractivity contribution is 7.17. The average Bonchev–Trinajstić information content (AvgIpc) is 2.85. The fraction of sp³-hybridized carbons (Fsp3) is 0.647. The van der Waals surface area contributed by atoms with Crippen molar-refractivity contribution in [3.05, 3.63) is 16.0 Å². The number of aryl methyl sites for hydroxylation is 1. The molecule has 2 rings (SSSR count). The molecule has 1 N–H and O–H groups in total. The van der Waals surface area contributed by atoms with Crippen LogP contribution in [0.2, 0.25) is 0 Å². The lowest BCUT2D eigenvalue weighted by Crippen LogP contribution is -2.21. The van der Waals surface area contributed by atoms with E-state index in [-0.39, 0.29) is 17.8 Å². The lowest BCUT2D eigenvalue weighted by atomic mass is 9.95. The van der Waals surface area contributed by atoms with Gasteiger partial charge in [-0.25, -0.2) is 4.79 Å². The van der Waals surface area contributed by atoms with Gasteiger partial charge in [-0.15, -0.1) is 11.3 Å². The molecule has 0 spiro atoms. The first-order chi connectivity index (χ1) is 10.6. The smallest absolute Gasteiger partial charge is 0.341 e. The summed E-state index contributed by atoms with van der Waals surface area (Å²) in [5.41, 5.74) is 1.69. The number of nitrogens with one attached hydrogen (secondary N) is 1. The molecule has 1 aromatic heterocycles. The van der Waals surface area contributed by atoms with Crippen molar-refractivity contribution in [2.75, 3.05) is 11.9 Å². The number of amides is 1. The van der Waals surface area contributed by atoms with E-state index in [0.717, 1.165) is 44.1 Å². The molecule has 1 atom stereocenters. The molecule has 0 saturated heterocycles. The number of hydrogen-bond donors (Lipinski definition) is 1. The number of esters is 1. The van der Waals surface area contributed by atoms with Crippen molar-refractivity contribution < 1.29 is 14.3 Å². The first-order valence-electron chi connectivity index (χ1n) is 8.20. The Morgan fingerprint density at radius 1 is 1.27 bits per heavy atom. The molecule has 4 nitrogen and oxygen atoms in total. The summed E-state index contributed by atoms with van der Waals surface area (Å²) in [5.74, 6) is -0.356. The average molecular weight is 323 g/mol. The van der Waals surface area contributed by atoms with Crippen molar-refractivity contribution in [3.63, 3.8) is 0 Å². The van der Waals surface area contributed by atoms with E-state index < -0.39 is 0 Å². The zero-order valence-electron chi connectivity index (χ0n) is 13.7. The topological polar surface area (TPSA) is 55.4 Å². The van der Waals surface area contributed by atoms with Crippen molar-refractivity contribution >= 4 is 28.2 Å². The second kappa shape index (κ2) is 7.77. The normalized spacial score (nSPS) is 15.0. The van der Waals surface area contributed by atoms with Crippen molar-refractivity contribution in [2.45, 2.75) is 59.3 Å². The minimum Gasteiger partial charge on any atom is -0.462 e. The van der Waals surface area contributed by atoms with Gasteiger partial charge in [0.1, 0.15) is 5.00 Å². The third-order valence-electron chi connectivity index (χ3n) is 4.06. The molecule has 0 unspecified atom stereocenters. The fourth-order valence-electron chi connectivity index (χ4n) is 2.87. The number of ether oxygens (including phenoxy) is 1. The molecule has 1 heterocycles. The molecular formula is C17H25NO3S. The molecule has 0 saturated carbocycles. The van der Waals surface area contributed by atoms with Crippen molar-refractivity contribution in [3.8, 4) is 0 Å². The van der Waals surface area contributed by atoms with Crippen LogP contribution in [0.4, 0.5) is 5.00 Å². The number of anilines is 1. The second-order valence-electron chi connectivity index (χ2n) is 5.81. The van der Waals surface area contributed by atoms with Crippen LogP contribution < -0.4 is 5.32 Å². The Kier molecular flexibility index (Phi) is 6.00. The summed E-state index contributed by atoms with van der Waals surface area (Å²) in [6.45, 7) is 6.15. The largest absolute Gasteiger partial charge is 0.462 e. The van der Waals surface area contributed by atoms with Gasteiger partial charge in [0.15, 0.2) is 0 Å². The van der Waals surface area contributed by atoms with Crippen molar-refractivity contribution in [1.82, 2.24) is 0 Å². The molecule has 0 radical (unpaired) electrons. The molecular weight excluding hydrogens is 298 g/mol. The van der Waals surface area contributed by atoms with Gasteiger partial charge < -0.3 is 10.1 Å². The number of fused-ring (bicyclic) bond motifs is 1. The van der Waals surface area contributed by atoms with E-state index in [2.05, 4.69) is 12.2 Å². The lowest BCUT2D eigenvalue weighted by molar-refractivity contribution is -0.119. The van der Waals surface area contributed by atoms with Gasteiger partial charge in [-0.2, -0.15) is 0 Å². The highest BCUT2D eigenvalue weighted by Gasteiger charge is 2.27. The van der Waals surface area contributed by atoms with Gasteiger partial charge in [0, 0.05) is 10.8 Å². The molecule has 1 aliphatic carbocycles. The Hall–Kier alpha value is -1.36. The van der Waals surface area contributed by atoms with Crippen LogP contribution in [0, 0.1) is 5.92 Å². The molecule has 1 amide bonds. The summed E-state index contributed by atoms with van der Waals surface area (Å²) >= 11 is 1.55. The number of thiophene rings is 1. The quantitative estimate of drug-likeness (QED) is 0.799. The maximum absolute atomic E-state index is 12.3. The van der Waals surface area contributed by atoms with Gasteiger partial charge in [0.05, 0.1) is 12.2 Å². The van der Waals surface area contributed by atoms with Crippen LogP contribution >= 0.6 is 11.3 Å². The molecule has 1 aromatic rings. The van der Waals surface area contributed by atoms with Gasteiger partial charge in [-0.05, 0) is 44.6 Å². The monoisotopic (exact) mass is 323 g/mol. The predicted octanol–water partition coefficient (Wildman–Crippen LogP) is 4.18. The van der Waals surface area contributed by atoms with Crippen LogP contribution in [0.15, 0.2) is 0 Å². The highest BCUT2D eigenvalue weighted by atomic mass is 32.1. The van der Waals surface area contributed by atoms with Crippen LogP contribution in [0.3, 0.4) is 0 Å². The van der Waals surface area contributed by atoms with Crippen molar-refractivity contribution in [2.24, 2.45) is 5.92 Å². The van der Waals surface area contributed by atoms with E-state index in [4.69, 9.17) is 4.74 Å². The van der Waals surface area contributed by atoms with Crippen LogP contribution in [-0.4, -0.2) is 18.5 Å². The zero-order chi connectivity index (χ0) is 16.1. The van der Waals surface area contributed by atoms with E-state index in [1.54, 1.807) is 18.3 Å². The first-order valence-corrected chi connectivity index (χ1v) is 9.02. The van der Waals surface area contributed by atoms with Gasteiger partial charge in [0.2, 0.25) is 5.91 Å². The highest BCUT2D eigenvalue weighted by Crippen LogP contribution is 2.38. The Balaban J connectivity index is 2.28. The number of carbonyl (C=O) groups is 2. The van der Waals surface area contributed by atoms with Gasteiger partial charge in [-0.3, -0.25) is 4.79 Å². The van der Waals surface area contributed by atoms with Gasteiger partial charge in [0.25, 0.3) is 0 Å². The summed E-state index contributed by atoms with van der Waals surface area (Å²) in [6.07, 6.45) is 5.96. The third-order valence-corrected chi connectivity index (χ3v) is 5.26.